The van der Waals surface area contributed by atoms with Crippen LogP contribution in [0, 0.1) is 11.8 Å². The minimum absolute atomic E-state index is 0.338. The summed E-state index contributed by atoms with van der Waals surface area (Å²) in [6.45, 7) is 3.33. The Balaban J connectivity index is 2.13. The zero-order chi connectivity index (χ0) is 11.1. The molecule has 2 nitrogen and oxygen atoms in total. The van der Waals surface area contributed by atoms with Gasteiger partial charge in [-0.3, -0.25) is 4.79 Å². The molecule has 0 aromatic heterocycles. The number of nitrogens with zero attached hydrogens (tertiary/aromatic N) is 1. The van der Waals surface area contributed by atoms with Crippen molar-refractivity contribution in [3.05, 3.63) is 0 Å². The van der Waals surface area contributed by atoms with E-state index in [1.807, 2.05) is 11.9 Å². The molecule has 1 saturated carbocycles. The van der Waals surface area contributed by atoms with Gasteiger partial charge in [0.05, 0.1) is 0 Å². The first-order valence-electron chi connectivity index (χ1n) is 6.25. The van der Waals surface area contributed by atoms with Gasteiger partial charge in [0.2, 0.25) is 5.91 Å². The van der Waals surface area contributed by atoms with Crippen molar-refractivity contribution in [3.63, 3.8) is 0 Å². The highest BCUT2D eigenvalue weighted by Crippen LogP contribution is 2.45. The quantitative estimate of drug-likeness (QED) is 0.551. The molecular formula is C12H22BNO. The number of fused-ring (bicyclic) bond motifs is 1. The van der Waals surface area contributed by atoms with Crippen molar-refractivity contribution in [2.24, 2.45) is 11.8 Å². The molecule has 0 N–H and O–H groups in total. The molecule has 2 fully saturated rings. The Labute approximate surface area is 93.8 Å². The predicted molar refractivity (Wildman–Crippen MR) is 64.6 cm³/mol. The monoisotopic (exact) mass is 207 g/mol. The van der Waals surface area contributed by atoms with Crippen LogP contribution in [0.15, 0.2) is 0 Å². The maximum Gasteiger partial charge on any atom is 0.225 e. The van der Waals surface area contributed by atoms with E-state index in [2.05, 4.69) is 14.8 Å². The van der Waals surface area contributed by atoms with Gasteiger partial charge in [-0.05, 0) is 18.8 Å². The molecule has 1 heterocycles. The molecule has 3 unspecified atom stereocenters. The first-order valence-corrected chi connectivity index (χ1v) is 6.25. The smallest absolute Gasteiger partial charge is 0.225 e. The third-order valence-electron chi connectivity index (χ3n) is 4.28. The van der Waals surface area contributed by atoms with Crippen molar-refractivity contribution >= 4 is 13.8 Å². The zero-order valence-electron chi connectivity index (χ0n) is 10.3. The summed E-state index contributed by atoms with van der Waals surface area (Å²) >= 11 is 0. The van der Waals surface area contributed by atoms with Gasteiger partial charge in [-0.15, -0.1) is 0 Å². The molecule has 1 aliphatic carbocycles. The zero-order valence-corrected chi connectivity index (χ0v) is 10.3. The molecule has 3 atom stereocenters. The maximum absolute atomic E-state index is 12.0. The van der Waals surface area contributed by atoms with Crippen LogP contribution < -0.4 is 0 Å². The average Bonchev–Trinajstić information content (AvgIpc) is 2.30. The van der Waals surface area contributed by atoms with Gasteiger partial charge in [0.25, 0.3) is 0 Å². The molecule has 0 spiro atoms. The second kappa shape index (κ2) is 3.84. The van der Waals surface area contributed by atoms with Crippen molar-refractivity contribution in [1.29, 1.82) is 0 Å². The highest BCUT2D eigenvalue weighted by molar-refractivity contribution is 6.14. The number of amides is 1. The van der Waals surface area contributed by atoms with E-state index in [1.165, 1.54) is 25.7 Å². The summed E-state index contributed by atoms with van der Waals surface area (Å²) in [4.78, 5) is 14.0. The van der Waals surface area contributed by atoms with E-state index >= 15 is 0 Å². The summed E-state index contributed by atoms with van der Waals surface area (Å²) in [6, 6.07) is 0. The molecule has 3 heteroatoms. The van der Waals surface area contributed by atoms with Gasteiger partial charge in [0.1, 0.15) is 7.85 Å². The number of hydrogen-bond donors (Lipinski definition) is 0. The summed E-state index contributed by atoms with van der Waals surface area (Å²) < 4.78 is 0. The van der Waals surface area contributed by atoms with E-state index in [0.29, 0.717) is 23.1 Å². The fourth-order valence-electron chi connectivity index (χ4n) is 3.37. The molecular weight excluding hydrogens is 185 g/mol. The Kier molecular flexibility index (Phi) is 2.82. The highest BCUT2D eigenvalue weighted by Gasteiger charge is 2.39. The van der Waals surface area contributed by atoms with Crippen LogP contribution in [-0.2, 0) is 4.79 Å². The number of rotatable bonds is 0. The predicted octanol–water partition coefficient (Wildman–Crippen LogP) is 1.47. The minimum Gasteiger partial charge on any atom is -0.346 e. The van der Waals surface area contributed by atoms with Crippen molar-refractivity contribution < 1.29 is 4.79 Å². The molecule has 1 saturated heterocycles. The topological polar surface area (TPSA) is 20.3 Å². The van der Waals surface area contributed by atoms with Crippen molar-refractivity contribution in [3.8, 4) is 0 Å². The maximum atomic E-state index is 12.0. The fourth-order valence-corrected chi connectivity index (χ4v) is 3.37. The molecule has 0 aromatic carbocycles. The van der Waals surface area contributed by atoms with Gasteiger partial charge in [-0.2, -0.15) is 0 Å². The van der Waals surface area contributed by atoms with Gasteiger partial charge in [-0.25, -0.2) is 0 Å². The lowest BCUT2D eigenvalue weighted by atomic mass is 9.62. The van der Waals surface area contributed by atoms with E-state index in [9.17, 15) is 4.79 Å². The van der Waals surface area contributed by atoms with Gasteiger partial charge >= 0.3 is 0 Å². The molecule has 0 aromatic rings. The van der Waals surface area contributed by atoms with Crippen LogP contribution in [0.2, 0.25) is 5.31 Å². The number of likely N-dealkylation sites (tertiary alicyclic amines) is 1. The lowest BCUT2D eigenvalue weighted by Crippen LogP contribution is -2.43. The van der Waals surface area contributed by atoms with Gasteiger partial charge in [-0.1, -0.05) is 31.5 Å². The summed E-state index contributed by atoms with van der Waals surface area (Å²) in [5, 5.41) is 0.454. The van der Waals surface area contributed by atoms with Gasteiger partial charge in [0.15, 0.2) is 0 Å². The Hall–Kier alpha value is -0.465. The van der Waals surface area contributed by atoms with Crippen molar-refractivity contribution in [1.82, 2.24) is 4.90 Å². The minimum atomic E-state index is 0.338. The van der Waals surface area contributed by atoms with Crippen LogP contribution >= 0.6 is 0 Å². The number of hydrogen-bond acceptors (Lipinski definition) is 1. The summed E-state index contributed by atoms with van der Waals surface area (Å²) in [7, 11) is 4.31. The second-order valence-corrected chi connectivity index (χ2v) is 6.18. The van der Waals surface area contributed by atoms with Crippen molar-refractivity contribution in [2.45, 2.75) is 44.3 Å². The molecule has 0 radical (unpaired) electrons. The van der Waals surface area contributed by atoms with Gasteiger partial charge in [0, 0.05) is 19.5 Å². The second-order valence-electron chi connectivity index (χ2n) is 6.18. The van der Waals surface area contributed by atoms with Crippen LogP contribution in [0.4, 0.5) is 0 Å². The molecule has 15 heavy (non-hydrogen) atoms. The summed E-state index contributed by atoms with van der Waals surface area (Å²) in [5.74, 6) is 1.40. The van der Waals surface area contributed by atoms with E-state index < -0.39 is 0 Å². The lowest BCUT2D eigenvalue weighted by molar-refractivity contribution is -0.139. The number of piperidine rings is 1. The first-order chi connectivity index (χ1) is 6.99. The molecule has 2 rings (SSSR count). The van der Waals surface area contributed by atoms with Crippen LogP contribution in [0.3, 0.4) is 0 Å². The SMILES string of the molecule is BC1(C)CCCC2C(=O)N(C)CCC2C1. The third kappa shape index (κ3) is 2.21. The van der Waals surface area contributed by atoms with Crippen LogP contribution in [-0.4, -0.2) is 32.2 Å². The molecule has 1 aliphatic heterocycles. The average molecular weight is 207 g/mol. The van der Waals surface area contributed by atoms with E-state index in [4.69, 9.17) is 0 Å². The Morgan fingerprint density at radius 1 is 1.47 bits per heavy atom. The number of carbonyl (C=O) groups excluding carboxylic acids is 1. The van der Waals surface area contributed by atoms with Crippen LogP contribution in [0.1, 0.15) is 39.0 Å². The van der Waals surface area contributed by atoms with Crippen LogP contribution in [0.5, 0.6) is 0 Å². The first kappa shape index (κ1) is 11.0. The Morgan fingerprint density at radius 3 is 2.93 bits per heavy atom. The summed E-state index contributed by atoms with van der Waals surface area (Å²) in [5.41, 5.74) is 0. The van der Waals surface area contributed by atoms with E-state index in [1.54, 1.807) is 0 Å². The van der Waals surface area contributed by atoms with E-state index in [-0.39, 0.29) is 0 Å². The molecule has 2 aliphatic rings. The normalized spacial score (nSPS) is 42.3. The molecule has 84 valence electrons. The highest BCUT2D eigenvalue weighted by atomic mass is 16.2. The summed E-state index contributed by atoms with van der Waals surface area (Å²) in [6.07, 6.45) is 6.11. The van der Waals surface area contributed by atoms with Crippen LogP contribution in [0.25, 0.3) is 0 Å². The van der Waals surface area contributed by atoms with E-state index in [0.717, 1.165) is 13.0 Å². The largest absolute Gasteiger partial charge is 0.346 e. The van der Waals surface area contributed by atoms with Gasteiger partial charge < -0.3 is 4.90 Å². The number of carbonyl (C=O) groups is 1. The Morgan fingerprint density at radius 2 is 2.20 bits per heavy atom. The Bertz CT molecular complexity index is 264. The molecule has 0 bridgehead atoms. The standard InChI is InChI=1S/C12H22BNO/c1-12(13)6-3-4-10-9(8-12)5-7-14(2)11(10)15/h9-10H,3-8,13H2,1-2H3. The molecule has 1 amide bonds. The van der Waals surface area contributed by atoms with Crippen molar-refractivity contribution in [2.75, 3.05) is 13.6 Å². The fraction of sp³-hybridized carbons (Fsp3) is 0.917. The lowest BCUT2D eigenvalue weighted by Gasteiger charge is -2.37. The third-order valence-corrected chi connectivity index (χ3v) is 4.28.